The number of primary sulfonamides is 1. The van der Waals surface area contributed by atoms with Crippen molar-refractivity contribution in [2.45, 2.75) is 38.3 Å². The van der Waals surface area contributed by atoms with Gasteiger partial charge in [0.1, 0.15) is 22.6 Å². The van der Waals surface area contributed by atoms with Crippen LogP contribution in [0, 0.1) is 13.8 Å². The first kappa shape index (κ1) is 25.8. The maximum atomic E-state index is 13.4. The van der Waals surface area contributed by atoms with Crippen molar-refractivity contribution in [3.63, 3.8) is 0 Å². The molecule has 0 aliphatic rings. The number of aliphatic hydroxyl groups is 1. The second-order valence-electron chi connectivity index (χ2n) is 8.41. The van der Waals surface area contributed by atoms with E-state index >= 15 is 0 Å². The molecular formula is C25H24ClN3O6S. The van der Waals surface area contributed by atoms with E-state index in [0.717, 1.165) is 11.1 Å². The summed E-state index contributed by atoms with van der Waals surface area (Å²) in [5.74, 6) is 0.259. The van der Waals surface area contributed by atoms with Crippen LogP contribution in [-0.4, -0.2) is 30.1 Å². The summed E-state index contributed by atoms with van der Waals surface area (Å²) >= 11 is 5.86. The second kappa shape index (κ2) is 9.98. The minimum atomic E-state index is -4.22. The van der Waals surface area contributed by atoms with Crippen LogP contribution >= 0.6 is 11.6 Å². The fourth-order valence-corrected chi connectivity index (χ4v) is 4.79. The van der Waals surface area contributed by atoms with Gasteiger partial charge in [-0.15, -0.1) is 0 Å². The molecule has 0 aliphatic heterocycles. The summed E-state index contributed by atoms with van der Waals surface area (Å²) in [6.45, 7) is 5.17. The number of nitrogens with two attached hydrogens (primary N) is 1. The van der Waals surface area contributed by atoms with E-state index in [0.29, 0.717) is 39.8 Å². The smallest absolute Gasteiger partial charge is 0.259 e. The first-order chi connectivity index (χ1) is 17.0. The molecule has 0 saturated heterocycles. The maximum Gasteiger partial charge on any atom is 0.259 e. The highest BCUT2D eigenvalue weighted by atomic mass is 35.5. The summed E-state index contributed by atoms with van der Waals surface area (Å²) < 4.78 is 36.3. The number of ether oxygens (including phenoxy) is 1. The Hall–Kier alpha value is -3.31. The zero-order valence-electron chi connectivity index (χ0n) is 19.8. The lowest BCUT2D eigenvalue weighted by molar-refractivity contribution is 0.219. The van der Waals surface area contributed by atoms with Crippen LogP contribution in [0.5, 0.6) is 5.75 Å². The molecule has 9 nitrogen and oxygen atoms in total. The van der Waals surface area contributed by atoms with Crippen LogP contribution in [-0.2, 0) is 16.4 Å². The summed E-state index contributed by atoms with van der Waals surface area (Å²) in [5.41, 5.74) is 3.20. The number of aromatic nitrogens is 2. The quantitative estimate of drug-likeness (QED) is 0.343. The monoisotopic (exact) mass is 529 g/mol. The molecule has 4 aromatic rings. The van der Waals surface area contributed by atoms with Crippen molar-refractivity contribution in [3.05, 3.63) is 80.4 Å². The van der Waals surface area contributed by atoms with E-state index in [-0.39, 0.29) is 22.9 Å². The lowest BCUT2D eigenvalue weighted by Crippen LogP contribution is -2.17. The van der Waals surface area contributed by atoms with Gasteiger partial charge in [-0.2, -0.15) is 0 Å². The molecule has 4 rings (SSSR count). The number of halogens is 1. The molecule has 36 heavy (non-hydrogen) atoms. The van der Waals surface area contributed by atoms with E-state index in [1.54, 1.807) is 38.4 Å². The SMILES string of the molecule is Cc1cc([C@@H](C)Oc2ccc(Cl)nc2S(N)(=O)=O)c2oc(-c3cncc(CCO)c3)c(C)c(=O)c2c1. The Morgan fingerprint density at radius 3 is 2.64 bits per heavy atom. The molecule has 3 aromatic heterocycles. The zero-order chi connectivity index (χ0) is 26.2. The average Bonchev–Trinajstić information content (AvgIpc) is 2.82. The van der Waals surface area contributed by atoms with Crippen LogP contribution in [0.1, 0.15) is 35.3 Å². The number of aryl methyl sites for hydroxylation is 1. The summed E-state index contributed by atoms with van der Waals surface area (Å²) in [6, 6.07) is 8.10. The van der Waals surface area contributed by atoms with Crippen molar-refractivity contribution >= 4 is 32.6 Å². The average molecular weight is 530 g/mol. The second-order valence-corrected chi connectivity index (χ2v) is 10.3. The molecule has 0 saturated carbocycles. The lowest BCUT2D eigenvalue weighted by atomic mass is 10.00. The Balaban J connectivity index is 1.88. The number of hydrogen-bond acceptors (Lipinski definition) is 8. The Bertz CT molecular complexity index is 1640. The molecule has 0 spiro atoms. The molecule has 0 unspecified atom stereocenters. The van der Waals surface area contributed by atoms with Gasteiger partial charge in [0.05, 0.1) is 5.39 Å². The number of fused-ring (bicyclic) bond motifs is 1. The Labute approximate surface area is 212 Å². The highest BCUT2D eigenvalue weighted by Crippen LogP contribution is 2.34. The van der Waals surface area contributed by atoms with E-state index in [9.17, 15) is 18.3 Å². The number of hydrogen-bond donors (Lipinski definition) is 2. The molecule has 0 aliphatic carbocycles. The van der Waals surface area contributed by atoms with Crippen LogP contribution in [0.3, 0.4) is 0 Å². The number of benzene rings is 1. The number of aliphatic hydroxyl groups excluding tert-OH is 1. The number of sulfonamides is 1. The summed E-state index contributed by atoms with van der Waals surface area (Å²) in [6.07, 6.45) is 2.88. The first-order valence-corrected chi connectivity index (χ1v) is 12.9. The van der Waals surface area contributed by atoms with E-state index < -0.39 is 21.2 Å². The summed E-state index contributed by atoms with van der Waals surface area (Å²) in [5, 5.41) is 14.4. The Morgan fingerprint density at radius 1 is 1.19 bits per heavy atom. The van der Waals surface area contributed by atoms with Crippen LogP contribution < -0.4 is 15.3 Å². The molecule has 1 atom stereocenters. The Kier molecular flexibility index (Phi) is 7.14. The van der Waals surface area contributed by atoms with Gasteiger partial charge in [-0.25, -0.2) is 18.5 Å². The fraction of sp³-hybridized carbons (Fsp3) is 0.240. The minimum absolute atomic E-state index is 0.0376. The third kappa shape index (κ3) is 5.12. The van der Waals surface area contributed by atoms with Gasteiger partial charge in [-0.05, 0) is 68.7 Å². The van der Waals surface area contributed by atoms with Gasteiger partial charge < -0.3 is 14.3 Å². The lowest BCUT2D eigenvalue weighted by Gasteiger charge is -2.19. The standard InChI is InChI=1S/C25H24ClN3O6S/c1-13-8-18(15(3)34-20-4-5-21(26)29-25(20)36(27,32)33)24-19(9-13)22(31)14(2)23(35-24)17-10-16(6-7-30)11-28-12-17/h4-5,8-12,15,30H,6-7H2,1-3H3,(H2,27,32,33)/t15-/m1/s1. The van der Waals surface area contributed by atoms with Gasteiger partial charge in [0.25, 0.3) is 10.0 Å². The van der Waals surface area contributed by atoms with Crippen LogP contribution in [0.15, 0.2) is 57.0 Å². The largest absolute Gasteiger partial charge is 0.483 e. The predicted molar refractivity (Wildman–Crippen MR) is 136 cm³/mol. The van der Waals surface area contributed by atoms with Gasteiger partial charge in [0, 0.05) is 35.7 Å². The molecule has 0 radical (unpaired) electrons. The van der Waals surface area contributed by atoms with Crippen molar-refractivity contribution in [1.29, 1.82) is 0 Å². The predicted octanol–water partition coefficient (Wildman–Crippen LogP) is 3.84. The number of pyridine rings is 2. The van der Waals surface area contributed by atoms with Crippen molar-refractivity contribution < 1.29 is 22.7 Å². The Morgan fingerprint density at radius 2 is 1.94 bits per heavy atom. The molecule has 188 valence electrons. The molecule has 3 heterocycles. The van der Waals surface area contributed by atoms with Gasteiger partial charge in [-0.1, -0.05) is 11.6 Å². The fourth-order valence-electron chi connectivity index (χ4n) is 3.98. The molecular weight excluding hydrogens is 506 g/mol. The zero-order valence-corrected chi connectivity index (χ0v) is 21.4. The molecule has 0 fully saturated rings. The summed E-state index contributed by atoms with van der Waals surface area (Å²) in [7, 11) is -4.22. The van der Waals surface area contributed by atoms with Crippen LogP contribution in [0.25, 0.3) is 22.3 Å². The van der Waals surface area contributed by atoms with E-state index in [2.05, 4.69) is 9.97 Å². The van der Waals surface area contributed by atoms with Gasteiger partial charge in [-0.3, -0.25) is 9.78 Å². The van der Waals surface area contributed by atoms with Crippen molar-refractivity contribution in [1.82, 2.24) is 9.97 Å². The molecule has 11 heteroatoms. The van der Waals surface area contributed by atoms with Gasteiger partial charge in [0.2, 0.25) is 5.03 Å². The number of rotatable bonds is 7. The first-order valence-electron chi connectivity index (χ1n) is 11.0. The van der Waals surface area contributed by atoms with E-state index in [1.165, 1.54) is 12.1 Å². The third-order valence-electron chi connectivity index (χ3n) is 5.65. The maximum absolute atomic E-state index is 13.4. The van der Waals surface area contributed by atoms with E-state index in [1.807, 2.05) is 13.0 Å². The topological polar surface area (TPSA) is 146 Å². The van der Waals surface area contributed by atoms with Gasteiger partial charge >= 0.3 is 0 Å². The van der Waals surface area contributed by atoms with Crippen molar-refractivity contribution in [2.24, 2.45) is 5.14 Å². The normalized spacial score (nSPS) is 12.6. The van der Waals surface area contributed by atoms with E-state index in [4.69, 9.17) is 25.9 Å². The third-order valence-corrected chi connectivity index (χ3v) is 6.69. The minimum Gasteiger partial charge on any atom is -0.483 e. The molecule has 3 N–H and O–H groups in total. The molecule has 1 aromatic carbocycles. The molecule has 0 amide bonds. The highest BCUT2D eigenvalue weighted by Gasteiger charge is 2.24. The van der Waals surface area contributed by atoms with Crippen molar-refractivity contribution in [2.75, 3.05) is 6.61 Å². The van der Waals surface area contributed by atoms with Crippen molar-refractivity contribution in [3.8, 4) is 17.1 Å². The van der Waals surface area contributed by atoms with Crippen LogP contribution in [0.4, 0.5) is 0 Å². The van der Waals surface area contributed by atoms with Gasteiger partial charge in [0.15, 0.2) is 11.2 Å². The molecule has 0 bridgehead atoms. The van der Waals surface area contributed by atoms with Crippen LogP contribution in [0.2, 0.25) is 5.15 Å². The highest BCUT2D eigenvalue weighted by molar-refractivity contribution is 7.89. The summed E-state index contributed by atoms with van der Waals surface area (Å²) in [4.78, 5) is 21.4. The number of nitrogens with zero attached hydrogens (tertiary/aromatic N) is 2.